The Morgan fingerprint density at radius 1 is 0.444 bits per heavy atom. The van der Waals surface area contributed by atoms with Crippen LogP contribution in [0.15, 0.2) is 61.2 Å². The molecule has 0 saturated carbocycles. The van der Waals surface area contributed by atoms with Gasteiger partial charge in [-0.1, -0.05) is 12.1 Å². The average molecular weight is 469 g/mol. The summed E-state index contributed by atoms with van der Waals surface area (Å²) in [6, 6.07) is 11.4. The van der Waals surface area contributed by atoms with E-state index >= 15 is 0 Å². The Hall–Kier alpha value is -0.432. The molecule has 0 saturated heterocycles. The summed E-state index contributed by atoms with van der Waals surface area (Å²) < 4.78 is 0. The largest absolute Gasteiger partial charge is 2.00 e. The first-order chi connectivity index (χ1) is 6.00. The van der Waals surface area contributed by atoms with Gasteiger partial charge in [-0.15, -0.1) is 0 Å². The van der Waals surface area contributed by atoms with E-state index < -0.39 is 0 Å². The van der Waals surface area contributed by atoms with Gasteiger partial charge in [0.1, 0.15) is 0 Å². The molecule has 2 rings (SSSR count). The second kappa shape index (κ2) is 30.0. The number of hydrogen-bond acceptors (Lipinski definition) is 2. The molecule has 5 heteroatoms. The summed E-state index contributed by atoms with van der Waals surface area (Å²) in [6.07, 6.45) is 7.00. The zero-order valence-electron chi connectivity index (χ0n) is 10.7. The summed E-state index contributed by atoms with van der Waals surface area (Å²) >= 11 is 0. The number of hydrogen-bond donors (Lipinski definition) is 0. The fourth-order valence-electron chi connectivity index (χ4n) is 0.625. The minimum atomic E-state index is 0. The van der Waals surface area contributed by atoms with Crippen molar-refractivity contribution in [3.8, 4) is 0 Å². The predicted molar refractivity (Wildman–Crippen MR) is 67.7 cm³/mol. The second-order valence-electron chi connectivity index (χ2n) is 2.05. The molecule has 2 aromatic rings. The van der Waals surface area contributed by atoms with Crippen molar-refractivity contribution in [1.29, 1.82) is 0 Å². The minimum absolute atomic E-state index is 0. The van der Waals surface area contributed by atoms with Crippen LogP contribution in [0.4, 0.5) is 0 Å². The molecule has 0 fully saturated rings. The van der Waals surface area contributed by atoms with E-state index in [1.807, 2.05) is 36.4 Å². The third kappa shape index (κ3) is 24.7. The Morgan fingerprint density at radius 3 is 0.722 bits per heavy atom. The number of rotatable bonds is 0. The summed E-state index contributed by atoms with van der Waals surface area (Å²) in [4.78, 5) is 7.57. The van der Waals surface area contributed by atoms with Crippen molar-refractivity contribution in [2.75, 3.05) is 0 Å². The van der Waals surface area contributed by atoms with Gasteiger partial charge in [-0.05, 0) is 24.3 Å². The molecule has 0 N–H and O–H groups in total. The van der Waals surface area contributed by atoms with Gasteiger partial charge in [0, 0.05) is 24.8 Å². The minimum Gasteiger partial charge on any atom is -1.00 e. The van der Waals surface area contributed by atoms with Crippen LogP contribution in [0, 0.1) is 22.3 Å². The molecule has 0 spiro atoms. The Morgan fingerprint density at radius 2 is 0.667 bits per heavy atom. The third-order valence-electron chi connectivity index (χ3n) is 1.13. The molecule has 2 aromatic heterocycles. The standard InChI is InChI=1S/2C5H5N.3CH3.2ClH.Pt/c2*1-2-4-6-5-3-1;;;;;;/h2*1-5H;3*1H3;2*1H;/q;;3*-1;;;+2/p-2. The van der Waals surface area contributed by atoms with Crippen LogP contribution in [0.2, 0.25) is 0 Å². The number of nitrogens with zero attached hydrogens (tertiary/aromatic N) is 2. The van der Waals surface area contributed by atoms with Gasteiger partial charge in [0.2, 0.25) is 0 Å². The van der Waals surface area contributed by atoms with E-state index in [4.69, 9.17) is 0 Å². The normalized spacial score (nSPS) is 5.33. The van der Waals surface area contributed by atoms with Crippen molar-refractivity contribution in [1.82, 2.24) is 9.97 Å². The fraction of sp³-hybridized carbons (Fsp3) is 0. The molecule has 0 atom stereocenters. The Kier molecular flexibility index (Phi) is 60.1. The van der Waals surface area contributed by atoms with E-state index in [0.717, 1.165) is 0 Å². The van der Waals surface area contributed by atoms with Gasteiger partial charge in [0.25, 0.3) is 0 Å². The van der Waals surface area contributed by atoms with Crippen LogP contribution in [0.3, 0.4) is 0 Å². The zero-order chi connectivity index (χ0) is 8.49. The van der Waals surface area contributed by atoms with Crippen LogP contribution in [0.1, 0.15) is 0 Å². The molecule has 0 amide bonds. The van der Waals surface area contributed by atoms with Crippen molar-refractivity contribution in [2.24, 2.45) is 0 Å². The SMILES string of the molecule is [CH3-].[CH3-].[CH3-].[Cl-].[Cl-].[Pt+2].c1ccncc1.c1ccncc1. The molecule has 0 aliphatic heterocycles. The first kappa shape index (κ1) is 36.0. The van der Waals surface area contributed by atoms with Gasteiger partial charge in [-0.25, -0.2) is 0 Å². The molecular formula is C13H19Cl2N2Pt-3. The maximum atomic E-state index is 3.78. The number of aromatic nitrogens is 2. The van der Waals surface area contributed by atoms with Crippen LogP contribution in [-0.2, 0) is 21.1 Å². The predicted octanol–water partition coefficient (Wildman–Crippen LogP) is -2.48. The summed E-state index contributed by atoms with van der Waals surface area (Å²) in [5, 5.41) is 0. The average Bonchev–Trinajstić information content (AvgIpc) is 2.24. The van der Waals surface area contributed by atoms with Gasteiger partial charge in [-0.2, -0.15) is 0 Å². The summed E-state index contributed by atoms with van der Waals surface area (Å²) in [7, 11) is 0. The van der Waals surface area contributed by atoms with E-state index in [0.29, 0.717) is 0 Å². The smallest absolute Gasteiger partial charge is 1.00 e. The Balaban J connectivity index is -0.0000000300. The molecular weight excluding hydrogens is 450 g/mol. The van der Waals surface area contributed by atoms with Crippen LogP contribution in [0.5, 0.6) is 0 Å². The van der Waals surface area contributed by atoms with Gasteiger partial charge in [0.15, 0.2) is 0 Å². The molecule has 2 nitrogen and oxygen atoms in total. The second-order valence-corrected chi connectivity index (χ2v) is 2.05. The summed E-state index contributed by atoms with van der Waals surface area (Å²) in [6.45, 7) is 0. The van der Waals surface area contributed by atoms with Crippen LogP contribution < -0.4 is 24.8 Å². The Bertz CT molecular complexity index is 198. The first-order valence-corrected chi connectivity index (χ1v) is 3.70. The molecule has 18 heavy (non-hydrogen) atoms. The number of pyridine rings is 2. The fourth-order valence-corrected chi connectivity index (χ4v) is 0.625. The quantitative estimate of drug-likeness (QED) is 0.400. The summed E-state index contributed by atoms with van der Waals surface area (Å²) in [5.74, 6) is 0. The van der Waals surface area contributed by atoms with Gasteiger partial charge in [-0.3, -0.25) is 9.97 Å². The van der Waals surface area contributed by atoms with Crippen molar-refractivity contribution < 1.29 is 45.9 Å². The molecule has 0 aliphatic carbocycles. The molecule has 0 radical (unpaired) electrons. The maximum Gasteiger partial charge on any atom is 2.00 e. The topological polar surface area (TPSA) is 25.8 Å². The zero-order valence-corrected chi connectivity index (χ0v) is 14.5. The van der Waals surface area contributed by atoms with E-state index in [1.165, 1.54) is 0 Å². The van der Waals surface area contributed by atoms with E-state index in [1.54, 1.807) is 24.8 Å². The molecule has 0 aromatic carbocycles. The molecule has 2 heterocycles. The van der Waals surface area contributed by atoms with Crippen LogP contribution in [0.25, 0.3) is 0 Å². The van der Waals surface area contributed by atoms with Gasteiger partial charge < -0.3 is 47.1 Å². The van der Waals surface area contributed by atoms with Crippen molar-refractivity contribution >= 4 is 0 Å². The van der Waals surface area contributed by atoms with Gasteiger partial charge in [0.05, 0.1) is 0 Å². The van der Waals surface area contributed by atoms with Crippen molar-refractivity contribution in [2.45, 2.75) is 0 Å². The van der Waals surface area contributed by atoms with E-state index in [9.17, 15) is 0 Å². The molecule has 108 valence electrons. The van der Waals surface area contributed by atoms with Gasteiger partial charge >= 0.3 is 21.1 Å². The van der Waals surface area contributed by atoms with Crippen LogP contribution in [-0.4, -0.2) is 9.97 Å². The van der Waals surface area contributed by atoms with Crippen molar-refractivity contribution in [3.63, 3.8) is 0 Å². The summed E-state index contributed by atoms with van der Waals surface area (Å²) in [5.41, 5.74) is 0. The van der Waals surface area contributed by atoms with E-state index in [2.05, 4.69) is 9.97 Å². The van der Waals surface area contributed by atoms with Crippen molar-refractivity contribution in [3.05, 3.63) is 83.5 Å². The third-order valence-corrected chi connectivity index (χ3v) is 1.13. The molecule has 0 bridgehead atoms. The first-order valence-electron chi connectivity index (χ1n) is 3.70. The Labute approximate surface area is 139 Å². The number of halogens is 2. The van der Waals surface area contributed by atoms with Crippen LogP contribution >= 0.6 is 0 Å². The maximum absolute atomic E-state index is 3.78. The monoisotopic (exact) mass is 468 g/mol. The molecule has 0 aliphatic rings. The molecule has 0 unspecified atom stereocenters. The van der Waals surface area contributed by atoms with E-state index in [-0.39, 0.29) is 68.2 Å².